The van der Waals surface area contributed by atoms with Crippen molar-refractivity contribution in [2.75, 3.05) is 13.2 Å². The summed E-state index contributed by atoms with van der Waals surface area (Å²) in [4.78, 5) is 36.0. The summed E-state index contributed by atoms with van der Waals surface area (Å²) < 4.78 is 9.83. The van der Waals surface area contributed by atoms with E-state index in [1.807, 2.05) is 0 Å². The largest absolute Gasteiger partial charge is 0.481 e. The summed E-state index contributed by atoms with van der Waals surface area (Å²) >= 11 is 0. The average molecular weight is 415 g/mol. The molecule has 29 heavy (non-hydrogen) atoms. The van der Waals surface area contributed by atoms with Crippen molar-refractivity contribution in [3.63, 3.8) is 0 Å². The van der Waals surface area contributed by atoms with Gasteiger partial charge in [0.05, 0.1) is 19.1 Å². The number of hydrogen-bond acceptors (Lipinski definition) is 5. The molecule has 0 aromatic heterocycles. The normalized spacial score (nSPS) is 12.0. The Hall–Kier alpha value is -1.59. The van der Waals surface area contributed by atoms with Gasteiger partial charge in [-0.2, -0.15) is 0 Å². The van der Waals surface area contributed by atoms with Crippen LogP contribution in [0.5, 0.6) is 0 Å². The van der Waals surface area contributed by atoms with Crippen molar-refractivity contribution < 1.29 is 29.0 Å². The van der Waals surface area contributed by atoms with Crippen LogP contribution in [0.25, 0.3) is 0 Å². The molecule has 170 valence electrons. The zero-order valence-electron chi connectivity index (χ0n) is 18.7. The molecule has 0 aromatic carbocycles. The van der Waals surface area contributed by atoms with Crippen molar-refractivity contribution in [3.8, 4) is 0 Å². The van der Waals surface area contributed by atoms with E-state index < -0.39 is 29.7 Å². The fourth-order valence-electron chi connectivity index (χ4n) is 3.53. The molecule has 0 aliphatic heterocycles. The lowest BCUT2D eigenvalue weighted by Gasteiger charge is -2.21. The Kier molecular flexibility index (Phi) is 17.4. The monoisotopic (exact) mass is 414 g/mol. The van der Waals surface area contributed by atoms with Gasteiger partial charge in [0.15, 0.2) is 5.92 Å². The fourth-order valence-corrected chi connectivity index (χ4v) is 3.53. The first-order valence-electron chi connectivity index (χ1n) is 11.6. The summed E-state index contributed by atoms with van der Waals surface area (Å²) in [6, 6.07) is 0. The topological polar surface area (TPSA) is 89.9 Å². The maximum Gasteiger partial charge on any atom is 0.321 e. The molecule has 6 nitrogen and oxygen atoms in total. The molecule has 0 fully saturated rings. The van der Waals surface area contributed by atoms with Crippen molar-refractivity contribution in [1.82, 2.24) is 0 Å². The smallest absolute Gasteiger partial charge is 0.321 e. The lowest BCUT2D eigenvalue weighted by molar-refractivity contribution is -0.170. The number of esters is 2. The van der Waals surface area contributed by atoms with Crippen molar-refractivity contribution in [1.29, 1.82) is 0 Å². The molecule has 0 aliphatic carbocycles. The van der Waals surface area contributed by atoms with Crippen molar-refractivity contribution >= 4 is 17.9 Å². The third-order valence-corrected chi connectivity index (χ3v) is 5.17. The van der Waals surface area contributed by atoms with Crippen LogP contribution in [0.15, 0.2) is 0 Å². The summed E-state index contributed by atoms with van der Waals surface area (Å²) in [5, 5.41) is 9.54. The number of ether oxygens (including phenoxy) is 2. The van der Waals surface area contributed by atoms with E-state index in [0.29, 0.717) is 6.42 Å². The molecule has 0 spiro atoms. The number of aliphatic carboxylic acids is 1. The SMILES string of the molecule is CCCCCCCCCCCCCCC(C(=O)O)C(C(=O)OCC)C(=O)OCC. The molecule has 0 aliphatic rings. The molecule has 0 aromatic rings. The van der Waals surface area contributed by atoms with Gasteiger partial charge < -0.3 is 14.6 Å². The molecule has 0 saturated heterocycles. The number of rotatable bonds is 19. The molecular weight excluding hydrogens is 372 g/mol. The van der Waals surface area contributed by atoms with E-state index in [4.69, 9.17) is 9.47 Å². The van der Waals surface area contributed by atoms with E-state index in [1.54, 1.807) is 13.8 Å². The van der Waals surface area contributed by atoms with Crippen LogP contribution in [-0.2, 0) is 23.9 Å². The highest BCUT2D eigenvalue weighted by Gasteiger charge is 2.41. The summed E-state index contributed by atoms with van der Waals surface area (Å²) in [6.07, 6.45) is 14.4. The van der Waals surface area contributed by atoms with E-state index in [9.17, 15) is 19.5 Å². The van der Waals surface area contributed by atoms with Crippen LogP contribution in [0.3, 0.4) is 0 Å². The second-order valence-corrected chi connectivity index (χ2v) is 7.60. The highest BCUT2D eigenvalue weighted by Crippen LogP contribution is 2.24. The average Bonchev–Trinajstić information content (AvgIpc) is 2.68. The summed E-state index contributed by atoms with van der Waals surface area (Å²) in [7, 11) is 0. The number of carbonyl (C=O) groups is 3. The fraction of sp³-hybridized carbons (Fsp3) is 0.870. The Morgan fingerprint density at radius 1 is 0.655 bits per heavy atom. The quantitative estimate of drug-likeness (QED) is 0.170. The third kappa shape index (κ3) is 13.3. The lowest BCUT2D eigenvalue weighted by Crippen LogP contribution is -2.38. The minimum atomic E-state index is -1.39. The molecule has 0 radical (unpaired) electrons. The van der Waals surface area contributed by atoms with Gasteiger partial charge in [0.2, 0.25) is 0 Å². The number of carboxylic acid groups (broad SMARTS) is 1. The Balaban J connectivity index is 4.20. The highest BCUT2D eigenvalue weighted by atomic mass is 16.6. The first-order chi connectivity index (χ1) is 14.0. The first kappa shape index (κ1) is 27.4. The molecular formula is C23H42O6. The van der Waals surface area contributed by atoms with Gasteiger partial charge in [-0.1, -0.05) is 84.0 Å². The molecule has 0 amide bonds. The zero-order chi connectivity index (χ0) is 21.9. The molecule has 0 heterocycles. The first-order valence-corrected chi connectivity index (χ1v) is 11.6. The molecule has 1 atom stereocenters. The minimum Gasteiger partial charge on any atom is -0.481 e. The predicted octanol–water partition coefficient (Wildman–Crippen LogP) is 5.52. The van der Waals surface area contributed by atoms with Crippen LogP contribution < -0.4 is 0 Å². The van der Waals surface area contributed by atoms with E-state index >= 15 is 0 Å². The molecule has 1 unspecified atom stereocenters. The molecule has 6 heteroatoms. The Morgan fingerprint density at radius 2 is 1.03 bits per heavy atom. The standard InChI is InChI=1S/C23H42O6/c1-4-7-8-9-10-11-12-13-14-15-16-17-18-19(21(24)25)20(22(26)28-5-2)23(27)29-6-3/h19-20H,4-18H2,1-3H3,(H,24,25). The number of carbonyl (C=O) groups excluding carboxylic acids is 2. The number of unbranched alkanes of at least 4 members (excludes halogenated alkanes) is 11. The highest BCUT2D eigenvalue weighted by molar-refractivity contribution is 5.98. The van der Waals surface area contributed by atoms with Gasteiger partial charge in [0, 0.05) is 0 Å². The van der Waals surface area contributed by atoms with Crippen molar-refractivity contribution in [3.05, 3.63) is 0 Å². The van der Waals surface area contributed by atoms with Crippen molar-refractivity contribution in [2.45, 2.75) is 104 Å². The van der Waals surface area contributed by atoms with Gasteiger partial charge in [-0.3, -0.25) is 14.4 Å². The van der Waals surface area contributed by atoms with Crippen LogP contribution in [-0.4, -0.2) is 36.2 Å². The summed E-state index contributed by atoms with van der Waals surface area (Å²) in [5.74, 6) is -5.26. The van der Waals surface area contributed by atoms with Gasteiger partial charge in [0.1, 0.15) is 0 Å². The van der Waals surface area contributed by atoms with Crippen LogP contribution in [0.4, 0.5) is 0 Å². The van der Waals surface area contributed by atoms with Crippen LogP contribution in [0.2, 0.25) is 0 Å². The third-order valence-electron chi connectivity index (χ3n) is 5.17. The van der Waals surface area contributed by atoms with E-state index in [0.717, 1.165) is 19.3 Å². The Morgan fingerprint density at radius 3 is 1.38 bits per heavy atom. The molecule has 1 N–H and O–H groups in total. The van der Waals surface area contributed by atoms with E-state index in [2.05, 4.69) is 6.92 Å². The number of carboxylic acids is 1. The Labute approximate surface area is 176 Å². The Bertz CT molecular complexity index is 431. The summed E-state index contributed by atoms with van der Waals surface area (Å²) in [6.45, 7) is 5.67. The van der Waals surface area contributed by atoms with Gasteiger partial charge >= 0.3 is 17.9 Å². The molecule has 0 saturated carbocycles. The van der Waals surface area contributed by atoms with Crippen LogP contribution >= 0.6 is 0 Å². The van der Waals surface area contributed by atoms with E-state index in [1.165, 1.54) is 51.4 Å². The predicted molar refractivity (Wildman–Crippen MR) is 114 cm³/mol. The summed E-state index contributed by atoms with van der Waals surface area (Å²) in [5.41, 5.74) is 0. The maximum absolute atomic E-state index is 12.1. The van der Waals surface area contributed by atoms with Gasteiger partial charge in [-0.05, 0) is 20.3 Å². The van der Waals surface area contributed by atoms with Gasteiger partial charge in [-0.25, -0.2) is 0 Å². The van der Waals surface area contributed by atoms with Crippen LogP contribution in [0, 0.1) is 11.8 Å². The maximum atomic E-state index is 12.1. The lowest BCUT2D eigenvalue weighted by atomic mass is 9.87. The number of hydrogen-bond donors (Lipinski definition) is 1. The van der Waals surface area contributed by atoms with Crippen molar-refractivity contribution in [2.24, 2.45) is 11.8 Å². The van der Waals surface area contributed by atoms with Crippen LogP contribution in [0.1, 0.15) is 104 Å². The van der Waals surface area contributed by atoms with Gasteiger partial charge in [-0.15, -0.1) is 0 Å². The zero-order valence-corrected chi connectivity index (χ0v) is 18.7. The van der Waals surface area contributed by atoms with E-state index in [-0.39, 0.29) is 19.6 Å². The second kappa shape index (κ2) is 18.4. The minimum absolute atomic E-state index is 0.0969. The second-order valence-electron chi connectivity index (χ2n) is 7.60. The van der Waals surface area contributed by atoms with Gasteiger partial charge in [0.25, 0.3) is 0 Å². The molecule has 0 rings (SSSR count). The molecule has 0 bridgehead atoms.